The molecule has 0 atom stereocenters. The van der Waals surface area contributed by atoms with Crippen LogP contribution in [0.15, 0.2) is 42.5 Å². The van der Waals surface area contributed by atoms with E-state index in [1.807, 2.05) is 5.32 Å². The Morgan fingerprint density at radius 2 is 1.79 bits per heavy atom. The minimum Gasteiger partial charge on any atom is -0.369 e. The van der Waals surface area contributed by atoms with Gasteiger partial charge in [-0.2, -0.15) is 13.2 Å². The topological polar surface area (TPSA) is 55.4 Å². The van der Waals surface area contributed by atoms with Crippen molar-refractivity contribution < 1.29 is 31.9 Å². The van der Waals surface area contributed by atoms with Crippen LogP contribution < -0.4 is 5.32 Å². The third kappa shape index (κ3) is 4.45. The highest BCUT2D eigenvalue weighted by Gasteiger charge is 2.42. The highest BCUT2D eigenvalue weighted by molar-refractivity contribution is 6.31. The number of amides is 1. The van der Waals surface area contributed by atoms with Gasteiger partial charge in [0, 0.05) is 10.6 Å². The van der Waals surface area contributed by atoms with Crippen LogP contribution in [0.4, 0.5) is 28.0 Å². The molecule has 4 nitrogen and oxygen atoms in total. The van der Waals surface area contributed by atoms with E-state index in [9.17, 15) is 27.2 Å². The number of nitrogens with one attached hydrogen (secondary N) is 1. The molecular formula is C15H8ClF4NO3. The predicted molar refractivity (Wildman–Crippen MR) is 78.0 cm³/mol. The van der Waals surface area contributed by atoms with Gasteiger partial charge >= 0.3 is 18.2 Å². The summed E-state index contributed by atoms with van der Waals surface area (Å²) < 4.78 is 53.2. The zero-order valence-corrected chi connectivity index (χ0v) is 12.4. The van der Waals surface area contributed by atoms with Gasteiger partial charge in [-0.15, -0.1) is 0 Å². The molecule has 0 radical (unpaired) electrons. The van der Waals surface area contributed by atoms with Crippen molar-refractivity contribution in [2.45, 2.75) is 6.18 Å². The van der Waals surface area contributed by atoms with E-state index in [0.29, 0.717) is 5.56 Å². The minimum atomic E-state index is -5.31. The van der Waals surface area contributed by atoms with E-state index in [2.05, 4.69) is 4.74 Å². The smallest absolute Gasteiger partial charge is 0.369 e. The fraction of sp³-hybridized carbons (Fsp3) is 0.0667. The molecule has 0 aromatic heterocycles. The van der Waals surface area contributed by atoms with Crippen molar-refractivity contribution in [2.75, 3.05) is 5.32 Å². The van der Waals surface area contributed by atoms with Crippen molar-refractivity contribution in [1.29, 1.82) is 0 Å². The van der Waals surface area contributed by atoms with Crippen molar-refractivity contribution in [1.82, 2.24) is 0 Å². The highest BCUT2D eigenvalue weighted by Crippen LogP contribution is 2.31. The molecule has 1 amide bonds. The summed E-state index contributed by atoms with van der Waals surface area (Å²) in [6, 6.07) is 9.38. The van der Waals surface area contributed by atoms with Crippen LogP contribution in [0.3, 0.4) is 0 Å². The van der Waals surface area contributed by atoms with Crippen LogP contribution in [0.2, 0.25) is 5.02 Å². The maximum Gasteiger partial charge on any atom is 0.491 e. The lowest BCUT2D eigenvalue weighted by Crippen LogP contribution is -2.30. The molecule has 0 saturated carbocycles. The van der Waals surface area contributed by atoms with Crippen molar-refractivity contribution >= 4 is 29.4 Å². The molecule has 2 rings (SSSR count). The number of esters is 1. The largest absolute Gasteiger partial charge is 0.491 e. The maximum atomic E-state index is 13.3. The Balaban J connectivity index is 2.28. The molecule has 0 heterocycles. The minimum absolute atomic E-state index is 0.0481. The fourth-order valence-corrected chi connectivity index (χ4v) is 1.98. The van der Waals surface area contributed by atoms with E-state index in [0.717, 1.165) is 6.07 Å². The molecule has 2 aromatic rings. The van der Waals surface area contributed by atoms with E-state index < -0.39 is 24.1 Å². The number of carbonyl (C=O) groups excluding carboxylic acids is 2. The van der Waals surface area contributed by atoms with Gasteiger partial charge in [0.2, 0.25) is 0 Å². The number of ether oxygens (including phenoxy) is 1. The normalized spacial score (nSPS) is 11.0. The lowest BCUT2D eigenvalue weighted by atomic mass is 10.0. The average molecular weight is 362 g/mol. The number of alkyl halides is 3. The molecule has 2 aromatic carbocycles. The number of anilines is 1. The molecule has 1 N–H and O–H groups in total. The summed E-state index contributed by atoms with van der Waals surface area (Å²) in [6.07, 6.45) is -6.95. The summed E-state index contributed by atoms with van der Waals surface area (Å²) in [4.78, 5) is 22.1. The molecule has 9 heteroatoms. The summed E-state index contributed by atoms with van der Waals surface area (Å²) in [7, 11) is 0. The molecule has 24 heavy (non-hydrogen) atoms. The summed E-state index contributed by atoms with van der Waals surface area (Å²) >= 11 is 5.78. The van der Waals surface area contributed by atoms with Crippen LogP contribution in [0, 0.1) is 5.82 Å². The van der Waals surface area contributed by atoms with Crippen molar-refractivity contribution in [3.8, 4) is 11.1 Å². The predicted octanol–water partition coefficient (Wildman–Crippen LogP) is 4.78. The zero-order valence-electron chi connectivity index (χ0n) is 11.7. The second kappa shape index (κ2) is 6.88. The Kier molecular flexibility index (Phi) is 5.08. The lowest BCUT2D eigenvalue weighted by molar-refractivity contribution is -0.192. The Morgan fingerprint density at radius 3 is 2.42 bits per heavy atom. The van der Waals surface area contributed by atoms with Crippen LogP contribution in [-0.4, -0.2) is 18.2 Å². The number of carbonyl (C=O) groups is 2. The molecule has 0 unspecified atom stereocenters. The van der Waals surface area contributed by atoms with Gasteiger partial charge in [-0.25, -0.2) is 14.0 Å². The standard InChI is InChI=1S/C15H8ClF4NO3/c16-9-4-5-11(8-2-1-3-10(17)6-8)12(7-9)21-14(23)24-13(22)15(18,19)20/h1-7H,(H,21,23). The third-order valence-electron chi connectivity index (χ3n) is 2.77. The Morgan fingerprint density at radius 1 is 1.08 bits per heavy atom. The van der Waals surface area contributed by atoms with Crippen LogP contribution in [0.25, 0.3) is 11.1 Å². The highest BCUT2D eigenvalue weighted by atomic mass is 35.5. The monoisotopic (exact) mass is 361 g/mol. The number of hydrogen-bond donors (Lipinski definition) is 1. The Labute approximate surface area is 138 Å². The maximum absolute atomic E-state index is 13.3. The van der Waals surface area contributed by atoms with Gasteiger partial charge in [-0.1, -0.05) is 29.8 Å². The van der Waals surface area contributed by atoms with Crippen molar-refractivity contribution in [2.24, 2.45) is 0 Å². The first-order valence-electron chi connectivity index (χ1n) is 6.32. The van der Waals surface area contributed by atoms with Crippen LogP contribution in [0.1, 0.15) is 0 Å². The van der Waals surface area contributed by atoms with Gasteiger partial charge in [-0.05, 0) is 29.8 Å². The lowest BCUT2D eigenvalue weighted by Gasteiger charge is -2.12. The third-order valence-corrected chi connectivity index (χ3v) is 3.01. The number of hydrogen-bond acceptors (Lipinski definition) is 3. The first kappa shape index (κ1) is 17.7. The molecular weight excluding hydrogens is 354 g/mol. The first-order valence-corrected chi connectivity index (χ1v) is 6.70. The average Bonchev–Trinajstić information content (AvgIpc) is 2.46. The van der Waals surface area contributed by atoms with E-state index in [1.54, 1.807) is 0 Å². The zero-order chi connectivity index (χ0) is 17.9. The molecule has 0 saturated heterocycles. The molecule has 0 fully saturated rings. The molecule has 0 bridgehead atoms. The molecule has 0 aliphatic carbocycles. The van der Waals surface area contributed by atoms with E-state index >= 15 is 0 Å². The Bertz CT molecular complexity index is 793. The van der Waals surface area contributed by atoms with Gasteiger partial charge in [0.05, 0.1) is 5.69 Å². The van der Waals surface area contributed by atoms with Crippen LogP contribution in [0.5, 0.6) is 0 Å². The van der Waals surface area contributed by atoms with Crippen LogP contribution in [-0.2, 0) is 9.53 Å². The molecule has 0 spiro atoms. The van der Waals surface area contributed by atoms with E-state index in [-0.39, 0.29) is 16.3 Å². The second-order valence-electron chi connectivity index (χ2n) is 4.50. The van der Waals surface area contributed by atoms with Crippen LogP contribution >= 0.6 is 11.6 Å². The quantitative estimate of drug-likeness (QED) is 0.475. The first-order chi connectivity index (χ1) is 11.2. The van der Waals surface area contributed by atoms with Crippen molar-refractivity contribution in [3.05, 3.63) is 53.3 Å². The van der Waals surface area contributed by atoms with E-state index in [4.69, 9.17) is 11.6 Å². The fourth-order valence-electron chi connectivity index (χ4n) is 1.81. The summed E-state index contributed by atoms with van der Waals surface area (Å²) in [5, 5.41) is 2.14. The van der Waals surface area contributed by atoms with Gasteiger partial charge in [0.1, 0.15) is 5.82 Å². The van der Waals surface area contributed by atoms with Gasteiger partial charge < -0.3 is 4.74 Å². The Hall–Kier alpha value is -2.61. The van der Waals surface area contributed by atoms with E-state index in [1.165, 1.54) is 36.4 Å². The van der Waals surface area contributed by atoms with Gasteiger partial charge in [-0.3, -0.25) is 5.32 Å². The molecule has 126 valence electrons. The van der Waals surface area contributed by atoms with Gasteiger partial charge in [0.15, 0.2) is 0 Å². The number of rotatable bonds is 2. The summed E-state index contributed by atoms with van der Waals surface area (Å²) in [6.45, 7) is 0. The number of halogens is 5. The summed E-state index contributed by atoms with van der Waals surface area (Å²) in [5.41, 5.74) is 0.562. The SMILES string of the molecule is O=C(Nc1cc(Cl)ccc1-c1cccc(F)c1)OC(=O)C(F)(F)F. The van der Waals surface area contributed by atoms with Crippen molar-refractivity contribution in [3.63, 3.8) is 0 Å². The molecule has 0 aliphatic heterocycles. The second-order valence-corrected chi connectivity index (χ2v) is 4.94. The molecule has 0 aliphatic rings. The number of benzene rings is 2. The van der Waals surface area contributed by atoms with Gasteiger partial charge in [0.25, 0.3) is 0 Å². The summed E-state index contributed by atoms with van der Waals surface area (Å²) in [5.74, 6) is -3.21.